The molecule has 1 amide bonds. The fourth-order valence-electron chi connectivity index (χ4n) is 2.94. The van der Waals surface area contributed by atoms with E-state index in [4.69, 9.17) is 16.3 Å². The van der Waals surface area contributed by atoms with Crippen molar-refractivity contribution in [2.75, 3.05) is 31.2 Å². The van der Waals surface area contributed by atoms with Gasteiger partial charge in [0.25, 0.3) is 5.91 Å². The number of ether oxygens (including phenoxy) is 1. The van der Waals surface area contributed by atoms with Crippen LogP contribution in [0, 0.1) is 5.82 Å². The molecule has 8 nitrogen and oxygen atoms in total. The summed E-state index contributed by atoms with van der Waals surface area (Å²) in [5.41, 5.74) is 0.849. The first kappa shape index (κ1) is 19.3. The van der Waals surface area contributed by atoms with Crippen LogP contribution in [0.1, 0.15) is 16.1 Å². The first-order chi connectivity index (χ1) is 14.1. The van der Waals surface area contributed by atoms with Crippen LogP contribution in [0.3, 0.4) is 0 Å². The lowest BCUT2D eigenvalue weighted by Gasteiger charge is -2.27. The predicted molar refractivity (Wildman–Crippen MR) is 105 cm³/mol. The molecular formula is C19H18ClFN6O2. The van der Waals surface area contributed by atoms with Gasteiger partial charge in [-0.25, -0.2) is 19.3 Å². The highest BCUT2D eigenvalue weighted by Crippen LogP contribution is 2.18. The molecule has 1 fully saturated rings. The van der Waals surface area contributed by atoms with Crippen molar-refractivity contribution in [2.24, 2.45) is 0 Å². The Morgan fingerprint density at radius 2 is 1.97 bits per heavy atom. The highest BCUT2D eigenvalue weighted by Gasteiger charge is 2.15. The minimum absolute atomic E-state index is 0.166. The molecule has 3 heterocycles. The van der Waals surface area contributed by atoms with Crippen molar-refractivity contribution in [2.45, 2.75) is 6.54 Å². The normalized spacial score (nSPS) is 14.1. The smallest absolute Gasteiger partial charge is 0.271 e. The molecule has 1 aliphatic rings. The van der Waals surface area contributed by atoms with Gasteiger partial charge in [-0.05, 0) is 17.7 Å². The molecule has 4 rings (SSSR count). The van der Waals surface area contributed by atoms with Gasteiger partial charge in [-0.15, -0.1) is 0 Å². The largest absolute Gasteiger partial charge is 0.378 e. The molecule has 0 spiro atoms. The third-order valence-corrected chi connectivity index (χ3v) is 4.86. The van der Waals surface area contributed by atoms with E-state index in [0.29, 0.717) is 24.6 Å². The van der Waals surface area contributed by atoms with Gasteiger partial charge in [-0.2, -0.15) is 0 Å². The number of benzene rings is 1. The van der Waals surface area contributed by atoms with Gasteiger partial charge in [0.2, 0.25) is 0 Å². The fraction of sp³-hybridized carbons (Fsp3) is 0.263. The summed E-state index contributed by atoms with van der Waals surface area (Å²) in [5, 5.41) is 2.98. The molecule has 10 heteroatoms. The summed E-state index contributed by atoms with van der Waals surface area (Å²) < 4.78 is 20.1. The summed E-state index contributed by atoms with van der Waals surface area (Å²) in [4.78, 5) is 27.2. The first-order valence-electron chi connectivity index (χ1n) is 9.01. The maximum Gasteiger partial charge on any atom is 0.271 e. The summed E-state index contributed by atoms with van der Waals surface area (Å²) >= 11 is 5.98. The fourth-order valence-corrected chi connectivity index (χ4v) is 3.17. The topological polar surface area (TPSA) is 85.2 Å². The number of hydrogen-bond donors (Lipinski definition) is 1. The van der Waals surface area contributed by atoms with Crippen LogP contribution in [0.15, 0.2) is 43.1 Å². The second-order valence-corrected chi connectivity index (χ2v) is 6.83. The lowest BCUT2D eigenvalue weighted by Crippen LogP contribution is -2.36. The molecular weight excluding hydrogens is 399 g/mol. The maximum absolute atomic E-state index is 13.1. The maximum atomic E-state index is 13.1. The van der Waals surface area contributed by atoms with Crippen molar-refractivity contribution >= 4 is 23.3 Å². The Balaban J connectivity index is 1.44. The average molecular weight is 417 g/mol. The molecule has 0 unspecified atom stereocenters. The van der Waals surface area contributed by atoms with Gasteiger partial charge in [0, 0.05) is 36.9 Å². The van der Waals surface area contributed by atoms with E-state index in [1.165, 1.54) is 30.9 Å². The van der Waals surface area contributed by atoms with Crippen LogP contribution < -0.4 is 10.2 Å². The number of nitrogens with one attached hydrogen (secondary N) is 1. The van der Waals surface area contributed by atoms with Gasteiger partial charge < -0.3 is 15.0 Å². The monoisotopic (exact) mass is 416 g/mol. The molecule has 0 radical (unpaired) electrons. The number of amides is 1. The number of imidazole rings is 1. The zero-order valence-electron chi connectivity index (χ0n) is 15.4. The van der Waals surface area contributed by atoms with Crippen molar-refractivity contribution in [3.05, 3.63) is 65.2 Å². The molecule has 1 N–H and O–H groups in total. The van der Waals surface area contributed by atoms with Crippen LogP contribution in [0.4, 0.5) is 10.2 Å². The van der Waals surface area contributed by atoms with Crippen molar-refractivity contribution < 1.29 is 13.9 Å². The number of hydrogen-bond acceptors (Lipinski definition) is 6. The van der Waals surface area contributed by atoms with E-state index in [0.717, 1.165) is 18.9 Å². The van der Waals surface area contributed by atoms with E-state index < -0.39 is 5.82 Å². The number of halogens is 2. The Kier molecular flexibility index (Phi) is 5.68. The number of nitrogens with zero attached hydrogens (tertiary/aromatic N) is 5. The number of carbonyl (C=O) groups excluding carboxylic acids is 1. The third kappa shape index (κ3) is 4.52. The van der Waals surface area contributed by atoms with E-state index in [1.54, 1.807) is 10.8 Å². The van der Waals surface area contributed by atoms with Crippen LogP contribution >= 0.6 is 11.6 Å². The van der Waals surface area contributed by atoms with E-state index in [2.05, 4.69) is 25.2 Å². The van der Waals surface area contributed by atoms with Crippen molar-refractivity contribution in [1.29, 1.82) is 0 Å². The Hall–Kier alpha value is -3.04. The Bertz CT molecular complexity index is 1020. The molecule has 1 saturated heterocycles. The molecule has 2 aromatic heterocycles. The summed E-state index contributed by atoms with van der Waals surface area (Å²) in [6.07, 6.45) is 4.59. The minimum atomic E-state index is -0.426. The van der Waals surface area contributed by atoms with Gasteiger partial charge in [-0.1, -0.05) is 17.7 Å². The van der Waals surface area contributed by atoms with Gasteiger partial charge >= 0.3 is 0 Å². The van der Waals surface area contributed by atoms with Gasteiger partial charge in [0.05, 0.1) is 13.2 Å². The lowest BCUT2D eigenvalue weighted by molar-refractivity contribution is 0.0946. The Morgan fingerprint density at radius 3 is 2.76 bits per heavy atom. The highest BCUT2D eigenvalue weighted by molar-refractivity contribution is 6.31. The van der Waals surface area contributed by atoms with E-state index in [1.807, 2.05) is 6.07 Å². The van der Waals surface area contributed by atoms with Crippen LogP contribution in [-0.2, 0) is 11.3 Å². The molecule has 0 atom stereocenters. The van der Waals surface area contributed by atoms with Crippen molar-refractivity contribution in [3.8, 4) is 5.82 Å². The Labute approximate surface area is 171 Å². The van der Waals surface area contributed by atoms with Crippen LogP contribution in [0.5, 0.6) is 0 Å². The summed E-state index contributed by atoms with van der Waals surface area (Å²) in [5.74, 6) is 0.607. The molecule has 0 saturated carbocycles. The first-order valence-corrected chi connectivity index (χ1v) is 9.39. The molecule has 0 aliphatic carbocycles. The zero-order valence-corrected chi connectivity index (χ0v) is 16.1. The second kappa shape index (κ2) is 8.54. The number of rotatable bonds is 5. The number of anilines is 1. The minimum Gasteiger partial charge on any atom is -0.378 e. The quantitative estimate of drug-likeness (QED) is 0.686. The number of aromatic nitrogens is 4. The Morgan fingerprint density at radius 1 is 1.17 bits per heavy atom. The molecule has 0 bridgehead atoms. The average Bonchev–Trinajstić information content (AvgIpc) is 3.24. The molecule has 1 aliphatic heterocycles. The molecule has 3 aromatic rings. The second-order valence-electron chi connectivity index (χ2n) is 6.42. The SMILES string of the molecule is O=C(NCc1ccc(F)cc1Cl)c1cn(-c2cc(N3CCOCC3)ncn2)cn1. The molecule has 1 aromatic carbocycles. The summed E-state index contributed by atoms with van der Waals surface area (Å²) in [6.45, 7) is 3.01. The van der Waals surface area contributed by atoms with Gasteiger partial charge in [0.15, 0.2) is 0 Å². The highest BCUT2D eigenvalue weighted by atomic mass is 35.5. The molecule has 150 valence electrons. The molecule has 29 heavy (non-hydrogen) atoms. The van der Waals surface area contributed by atoms with Crippen LogP contribution in [-0.4, -0.2) is 51.7 Å². The van der Waals surface area contributed by atoms with E-state index >= 15 is 0 Å². The summed E-state index contributed by atoms with van der Waals surface area (Å²) in [6, 6.07) is 5.87. The zero-order chi connectivity index (χ0) is 20.2. The number of carbonyl (C=O) groups is 1. The van der Waals surface area contributed by atoms with Gasteiger partial charge in [0.1, 0.15) is 35.8 Å². The van der Waals surface area contributed by atoms with Gasteiger partial charge in [-0.3, -0.25) is 9.36 Å². The lowest BCUT2D eigenvalue weighted by atomic mass is 10.2. The third-order valence-electron chi connectivity index (χ3n) is 4.51. The van der Waals surface area contributed by atoms with Crippen LogP contribution in [0.2, 0.25) is 5.02 Å². The van der Waals surface area contributed by atoms with E-state index in [9.17, 15) is 9.18 Å². The summed E-state index contributed by atoms with van der Waals surface area (Å²) in [7, 11) is 0. The standard InChI is InChI=1S/C19H18ClFN6O2/c20-15-7-14(21)2-1-13(15)9-22-19(28)16-10-27(12-25-16)18-8-17(23-11-24-18)26-3-5-29-6-4-26/h1-2,7-8,10-12H,3-6,9H2,(H,22,28). The van der Waals surface area contributed by atoms with E-state index in [-0.39, 0.29) is 23.2 Å². The van der Waals surface area contributed by atoms with Crippen molar-refractivity contribution in [3.63, 3.8) is 0 Å². The predicted octanol–water partition coefficient (Wildman–Crippen LogP) is 2.22. The number of morpholine rings is 1. The van der Waals surface area contributed by atoms with Crippen molar-refractivity contribution in [1.82, 2.24) is 24.8 Å². The van der Waals surface area contributed by atoms with Crippen LogP contribution in [0.25, 0.3) is 5.82 Å².